The summed E-state index contributed by atoms with van der Waals surface area (Å²) in [6.07, 6.45) is 0. The van der Waals surface area contributed by atoms with Crippen molar-refractivity contribution in [3.05, 3.63) is 39.7 Å². The summed E-state index contributed by atoms with van der Waals surface area (Å²) in [5.41, 5.74) is 2.95. The van der Waals surface area contributed by atoms with Crippen molar-refractivity contribution in [3.8, 4) is 0 Å². The van der Waals surface area contributed by atoms with Crippen molar-refractivity contribution < 1.29 is 18.8 Å². The van der Waals surface area contributed by atoms with Crippen LogP contribution in [0.15, 0.2) is 18.2 Å². The monoisotopic (exact) mass is 284 g/mol. The van der Waals surface area contributed by atoms with Gasteiger partial charge in [0.1, 0.15) is 5.82 Å². The fourth-order valence-corrected chi connectivity index (χ4v) is 1.83. The molecule has 0 aromatic heterocycles. The summed E-state index contributed by atoms with van der Waals surface area (Å²) in [6.45, 7) is 4.43. The highest BCUT2D eigenvalue weighted by atomic mass is 19.1. The van der Waals surface area contributed by atoms with Gasteiger partial charge in [0.25, 0.3) is 5.69 Å². The quantitative estimate of drug-likeness (QED) is 0.519. The van der Waals surface area contributed by atoms with Crippen LogP contribution in [0.4, 0.5) is 10.1 Å². The van der Waals surface area contributed by atoms with Crippen LogP contribution in [0.1, 0.15) is 26.3 Å². The van der Waals surface area contributed by atoms with Gasteiger partial charge in [0, 0.05) is 17.7 Å². The molecule has 0 fully saturated rings. The Bertz CT molecular complexity index is 555. The molecule has 0 radical (unpaired) electrons. The average Bonchev–Trinajstić information content (AvgIpc) is 2.37. The standard InChI is InChI=1S/C13H17FN2O4/c1-12(2,11(17)20-4)13(3,15)9-7-8(16(18)19)5-6-10(9)14/h5-7H,15H2,1-4H3/t13-/m1/s1. The number of nitro benzene ring substituents is 1. The molecular weight excluding hydrogens is 267 g/mol. The van der Waals surface area contributed by atoms with Gasteiger partial charge in [-0.3, -0.25) is 14.9 Å². The highest BCUT2D eigenvalue weighted by molar-refractivity contribution is 5.78. The molecule has 1 aromatic rings. The Hall–Kier alpha value is -2.02. The van der Waals surface area contributed by atoms with Gasteiger partial charge in [0.05, 0.1) is 23.0 Å². The Balaban J connectivity index is 3.45. The number of carbonyl (C=O) groups is 1. The van der Waals surface area contributed by atoms with E-state index >= 15 is 0 Å². The SMILES string of the molecule is COC(=O)C(C)(C)[C@](C)(N)c1cc([N+](=O)[O-])ccc1F. The molecule has 7 heteroatoms. The van der Waals surface area contributed by atoms with E-state index in [1.54, 1.807) is 0 Å². The third-order valence-corrected chi connectivity index (χ3v) is 3.71. The summed E-state index contributed by atoms with van der Waals surface area (Å²) in [5, 5.41) is 10.8. The predicted octanol–water partition coefficient (Wildman–Crippen LogP) is 2.11. The van der Waals surface area contributed by atoms with Crippen LogP contribution in [0.2, 0.25) is 0 Å². The molecule has 0 unspecified atom stereocenters. The smallest absolute Gasteiger partial charge is 0.313 e. The maximum atomic E-state index is 14.0. The first kappa shape index (κ1) is 16.0. The predicted molar refractivity (Wildman–Crippen MR) is 70.4 cm³/mol. The molecule has 0 bridgehead atoms. The molecule has 1 atom stereocenters. The molecule has 110 valence electrons. The van der Waals surface area contributed by atoms with E-state index in [4.69, 9.17) is 5.73 Å². The van der Waals surface area contributed by atoms with Crippen LogP contribution in [0.5, 0.6) is 0 Å². The Kier molecular flexibility index (Phi) is 4.14. The van der Waals surface area contributed by atoms with Crippen molar-refractivity contribution in [2.75, 3.05) is 7.11 Å². The number of nitrogens with zero attached hydrogens (tertiary/aromatic N) is 1. The van der Waals surface area contributed by atoms with Crippen LogP contribution in [0.25, 0.3) is 0 Å². The number of non-ortho nitro benzene ring substituents is 1. The van der Waals surface area contributed by atoms with Gasteiger partial charge in [-0.25, -0.2) is 4.39 Å². The summed E-state index contributed by atoms with van der Waals surface area (Å²) in [4.78, 5) is 22.0. The van der Waals surface area contributed by atoms with E-state index in [9.17, 15) is 19.3 Å². The maximum Gasteiger partial charge on any atom is 0.313 e. The zero-order valence-corrected chi connectivity index (χ0v) is 11.8. The van der Waals surface area contributed by atoms with E-state index < -0.39 is 27.7 Å². The highest BCUT2D eigenvalue weighted by Gasteiger charge is 2.47. The lowest BCUT2D eigenvalue weighted by molar-refractivity contribution is -0.385. The van der Waals surface area contributed by atoms with E-state index in [1.807, 2.05) is 0 Å². The number of hydrogen-bond donors (Lipinski definition) is 1. The first-order chi connectivity index (χ1) is 9.05. The summed E-state index contributed by atoms with van der Waals surface area (Å²) in [7, 11) is 1.20. The van der Waals surface area contributed by atoms with E-state index in [1.165, 1.54) is 27.9 Å². The van der Waals surface area contributed by atoms with Crippen LogP contribution in [-0.4, -0.2) is 18.0 Å². The van der Waals surface area contributed by atoms with Crippen LogP contribution >= 0.6 is 0 Å². The molecule has 0 spiro atoms. The average molecular weight is 284 g/mol. The maximum absolute atomic E-state index is 14.0. The normalized spacial score (nSPS) is 14.5. The Morgan fingerprint density at radius 2 is 1.95 bits per heavy atom. The topological polar surface area (TPSA) is 95.5 Å². The minimum atomic E-state index is -1.48. The molecule has 0 saturated heterocycles. The van der Waals surface area contributed by atoms with Crippen molar-refractivity contribution in [3.63, 3.8) is 0 Å². The largest absolute Gasteiger partial charge is 0.469 e. The summed E-state index contributed by atoms with van der Waals surface area (Å²) < 4.78 is 18.6. The molecule has 1 rings (SSSR count). The number of ether oxygens (including phenoxy) is 1. The van der Waals surface area contributed by atoms with Crippen LogP contribution < -0.4 is 5.73 Å². The Labute approximate surface area is 115 Å². The van der Waals surface area contributed by atoms with Crippen molar-refractivity contribution in [1.82, 2.24) is 0 Å². The molecule has 1 aromatic carbocycles. The van der Waals surface area contributed by atoms with Crippen molar-refractivity contribution in [1.29, 1.82) is 0 Å². The number of esters is 1. The fraction of sp³-hybridized carbons (Fsp3) is 0.462. The molecule has 0 aliphatic carbocycles. The molecule has 0 aliphatic heterocycles. The number of hydrogen-bond acceptors (Lipinski definition) is 5. The zero-order chi connectivity index (χ0) is 15.7. The van der Waals surface area contributed by atoms with E-state index in [2.05, 4.69) is 4.74 Å². The third-order valence-electron chi connectivity index (χ3n) is 3.71. The van der Waals surface area contributed by atoms with Crippen molar-refractivity contribution >= 4 is 11.7 Å². The first-order valence-electron chi connectivity index (χ1n) is 5.87. The minimum Gasteiger partial charge on any atom is -0.469 e. The Morgan fingerprint density at radius 3 is 2.40 bits per heavy atom. The second kappa shape index (κ2) is 5.16. The van der Waals surface area contributed by atoms with Crippen LogP contribution in [0, 0.1) is 21.3 Å². The van der Waals surface area contributed by atoms with Gasteiger partial charge in [-0.1, -0.05) is 0 Å². The summed E-state index contributed by atoms with van der Waals surface area (Å²) in [6, 6.07) is 3.05. The lowest BCUT2D eigenvalue weighted by Crippen LogP contribution is -2.52. The van der Waals surface area contributed by atoms with E-state index in [0.29, 0.717) is 0 Å². The number of methoxy groups -OCH3 is 1. The van der Waals surface area contributed by atoms with E-state index in [-0.39, 0.29) is 11.3 Å². The lowest BCUT2D eigenvalue weighted by atomic mass is 9.69. The molecular formula is C13H17FN2O4. The van der Waals surface area contributed by atoms with Gasteiger partial charge in [-0.05, 0) is 26.8 Å². The second-order valence-electron chi connectivity index (χ2n) is 5.24. The molecule has 6 nitrogen and oxygen atoms in total. The first-order valence-corrected chi connectivity index (χ1v) is 5.87. The molecule has 0 heterocycles. The van der Waals surface area contributed by atoms with Crippen molar-refractivity contribution in [2.45, 2.75) is 26.3 Å². The fourth-order valence-electron chi connectivity index (χ4n) is 1.83. The van der Waals surface area contributed by atoms with Gasteiger partial charge in [-0.2, -0.15) is 0 Å². The second-order valence-corrected chi connectivity index (χ2v) is 5.24. The zero-order valence-electron chi connectivity index (χ0n) is 11.8. The van der Waals surface area contributed by atoms with E-state index in [0.717, 1.165) is 18.2 Å². The van der Waals surface area contributed by atoms with Crippen LogP contribution in [-0.2, 0) is 15.1 Å². The molecule has 0 aliphatic rings. The van der Waals surface area contributed by atoms with Gasteiger partial charge >= 0.3 is 5.97 Å². The summed E-state index contributed by atoms with van der Waals surface area (Å²) in [5.74, 6) is -1.34. The van der Waals surface area contributed by atoms with Gasteiger partial charge in [-0.15, -0.1) is 0 Å². The number of nitrogens with two attached hydrogens (primary N) is 1. The van der Waals surface area contributed by atoms with Gasteiger partial charge in [0.2, 0.25) is 0 Å². The van der Waals surface area contributed by atoms with Crippen LogP contribution in [0.3, 0.4) is 0 Å². The van der Waals surface area contributed by atoms with Gasteiger partial charge in [0.15, 0.2) is 0 Å². The highest BCUT2D eigenvalue weighted by Crippen LogP contribution is 2.40. The molecule has 0 saturated carbocycles. The lowest BCUT2D eigenvalue weighted by Gasteiger charge is -2.39. The molecule has 2 N–H and O–H groups in total. The summed E-state index contributed by atoms with van der Waals surface area (Å²) >= 11 is 0. The number of rotatable bonds is 4. The Morgan fingerprint density at radius 1 is 1.40 bits per heavy atom. The number of halogens is 1. The minimum absolute atomic E-state index is 0.109. The third kappa shape index (κ3) is 2.49. The number of benzene rings is 1. The molecule has 0 amide bonds. The molecule has 20 heavy (non-hydrogen) atoms. The van der Waals surface area contributed by atoms with Gasteiger partial charge < -0.3 is 10.5 Å². The number of carbonyl (C=O) groups excluding carboxylic acids is 1. The number of nitro groups is 1. The van der Waals surface area contributed by atoms with Crippen molar-refractivity contribution in [2.24, 2.45) is 11.1 Å².